The second-order valence-corrected chi connectivity index (χ2v) is 1.60. The summed E-state index contributed by atoms with van der Waals surface area (Å²) in [4.78, 5) is 10.0. The maximum Gasteiger partial charge on any atom is 0.355 e. The van der Waals surface area contributed by atoms with E-state index in [-0.39, 0.29) is 6.61 Å². The molecule has 0 radical (unpaired) electrons. The number of aliphatic carboxylic acids is 1. The van der Waals surface area contributed by atoms with E-state index in [1.807, 2.05) is 0 Å². The van der Waals surface area contributed by atoms with Crippen LogP contribution in [0.3, 0.4) is 0 Å². The van der Waals surface area contributed by atoms with Crippen LogP contribution in [0.1, 0.15) is 0 Å². The molecule has 0 bridgehead atoms. The smallest absolute Gasteiger partial charge is 0.355 e. The fraction of sp³-hybridized carbons (Fsp3) is 0.400. The van der Waals surface area contributed by atoms with Crippen molar-refractivity contribution in [2.45, 2.75) is 0 Å². The second-order valence-electron chi connectivity index (χ2n) is 1.60. The summed E-state index contributed by atoms with van der Waals surface area (Å²) in [5.41, 5.74) is 4.31. The average molecular weight is 147 g/mol. The topological polar surface area (TPSA) is 92.8 Å². The molecule has 0 unspecified atom stereocenters. The maximum atomic E-state index is 10.0. The highest BCUT2D eigenvalue weighted by atomic mass is 16.5. The van der Waals surface area contributed by atoms with Crippen LogP contribution in [0.4, 0.5) is 0 Å². The summed E-state index contributed by atoms with van der Waals surface area (Å²) in [6.07, 6.45) is 0. The Bertz CT molecular complexity index is 163. The van der Waals surface area contributed by atoms with Gasteiger partial charge in [0.1, 0.15) is 12.4 Å². The molecule has 0 aromatic carbocycles. The summed E-state index contributed by atoms with van der Waals surface area (Å²) in [5.74, 6) is -1.82. The van der Waals surface area contributed by atoms with Crippen LogP contribution in [0.15, 0.2) is 11.5 Å². The van der Waals surface area contributed by atoms with Gasteiger partial charge in [-0.05, 0) is 0 Å². The van der Waals surface area contributed by atoms with E-state index < -0.39 is 17.4 Å². The highest BCUT2D eigenvalue weighted by molar-refractivity contribution is 5.85. The number of carboxylic acids is 1. The van der Waals surface area contributed by atoms with E-state index in [1.54, 1.807) is 0 Å². The van der Waals surface area contributed by atoms with Gasteiger partial charge in [-0.15, -0.1) is 0 Å². The first-order chi connectivity index (χ1) is 4.59. The normalized spacial score (nSPS) is 12.5. The maximum absolute atomic E-state index is 10.0. The predicted molar refractivity (Wildman–Crippen MR) is 33.4 cm³/mol. The number of hydrogen-bond acceptors (Lipinski definition) is 4. The van der Waals surface area contributed by atoms with E-state index in [4.69, 9.17) is 15.9 Å². The van der Waals surface area contributed by atoms with Gasteiger partial charge in [0.05, 0.1) is 0 Å². The van der Waals surface area contributed by atoms with E-state index >= 15 is 0 Å². The highest BCUT2D eigenvalue weighted by Gasteiger charge is 2.07. The summed E-state index contributed by atoms with van der Waals surface area (Å²) in [6.45, 7) is -0.182. The number of carboxylic acid groups (broad SMARTS) is 1. The minimum absolute atomic E-state index is 0.182. The number of rotatable bonds is 3. The molecule has 0 aliphatic rings. The zero-order valence-electron chi connectivity index (χ0n) is 5.50. The third kappa shape index (κ3) is 2.36. The Morgan fingerprint density at radius 2 is 2.10 bits per heavy atom. The highest BCUT2D eigenvalue weighted by Crippen LogP contribution is 1.93. The van der Waals surface area contributed by atoms with E-state index in [2.05, 4.69) is 4.74 Å². The molecule has 0 atom stereocenters. The molecule has 10 heavy (non-hydrogen) atoms. The zero-order chi connectivity index (χ0) is 8.15. The summed E-state index contributed by atoms with van der Waals surface area (Å²) in [7, 11) is 1.32. The van der Waals surface area contributed by atoms with Gasteiger partial charge >= 0.3 is 5.97 Å². The minimum atomic E-state index is -1.35. The lowest BCUT2D eigenvalue weighted by molar-refractivity contribution is -0.133. The Hall–Kier alpha value is -1.23. The third-order valence-electron chi connectivity index (χ3n) is 0.822. The molecule has 0 amide bonds. The van der Waals surface area contributed by atoms with Crippen LogP contribution in [0.5, 0.6) is 0 Å². The summed E-state index contributed by atoms with van der Waals surface area (Å²) < 4.78 is 4.42. The van der Waals surface area contributed by atoms with Crippen molar-refractivity contribution in [2.24, 2.45) is 5.73 Å². The molecule has 0 aromatic heterocycles. The first kappa shape index (κ1) is 8.77. The molecule has 0 saturated carbocycles. The summed E-state index contributed by atoms with van der Waals surface area (Å²) in [5, 5.41) is 16.9. The van der Waals surface area contributed by atoms with Crippen molar-refractivity contribution in [1.29, 1.82) is 0 Å². The van der Waals surface area contributed by atoms with Crippen LogP contribution < -0.4 is 5.73 Å². The molecule has 0 spiro atoms. The van der Waals surface area contributed by atoms with Gasteiger partial charge in [-0.2, -0.15) is 0 Å². The van der Waals surface area contributed by atoms with E-state index in [0.29, 0.717) is 0 Å². The van der Waals surface area contributed by atoms with Crippen LogP contribution in [-0.2, 0) is 9.53 Å². The van der Waals surface area contributed by atoms with Gasteiger partial charge in [-0.25, -0.2) is 4.79 Å². The Kier molecular flexibility index (Phi) is 3.27. The van der Waals surface area contributed by atoms with Crippen molar-refractivity contribution < 1.29 is 19.7 Å². The van der Waals surface area contributed by atoms with Crippen LogP contribution >= 0.6 is 0 Å². The molecule has 0 aliphatic carbocycles. The van der Waals surface area contributed by atoms with E-state index in [9.17, 15) is 4.79 Å². The van der Waals surface area contributed by atoms with Gasteiger partial charge in [-0.3, -0.25) is 0 Å². The molecule has 0 rings (SSSR count). The number of carbonyl (C=O) groups is 1. The van der Waals surface area contributed by atoms with Gasteiger partial charge < -0.3 is 20.7 Å². The minimum Gasteiger partial charge on any atom is -0.507 e. The third-order valence-corrected chi connectivity index (χ3v) is 0.822. The standard InChI is InChI=1S/C5H9NO4/c1-10-2-3(7)4(6)5(8)9/h7H,2,6H2,1H3,(H,8,9). The number of methoxy groups -OCH3 is 1. The molecule has 0 saturated heterocycles. The lowest BCUT2D eigenvalue weighted by Gasteiger charge is -1.99. The lowest BCUT2D eigenvalue weighted by Crippen LogP contribution is -2.15. The van der Waals surface area contributed by atoms with Gasteiger partial charge in [-0.1, -0.05) is 0 Å². The number of nitrogens with two attached hydrogens (primary N) is 1. The van der Waals surface area contributed by atoms with E-state index in [0.717, 1.165) is 0 Å². The average Bonchev–Trinajstić information content (AvgIpc) is 1.87. The molecule has 0 fully saturated rings. The fourth-order valence-corrected chi connectivity index (χ4v) is 0.338. The second kappa shape index (κ2) is 3.73. The Balaban J connectivity index is 4.19. The summed E-state index contributed by atoms with van der Waals surface area (Å²) >= 11 is 0. The van der Waals surface area contributed by atoms with Gasteiger partial charge in [0.2, 0.25) is 0 Å². The van der Waals surface area contributed by atoms with Crippen molar-refractivity contribution in [1.82, 2.24) is 0 Å². The number of aliphatic hydroxyl groups excluding tert-OH is 1. The van der Waals surface area contributed by atoms with E-state index in [1.165, 1.54) is 7.11 Å². The van der Waals surface area contributed by atoms with Crippen molar-refractivity contribution in [3.8, 4) is 0 Å². The van der Waals surface area contributed by atoms with Gasteiger partial charge in [0.25, 0.3) is 0 Å². The van der Waals surface area contributed by atoms with Crippen molar-refractivity contribution >= 4 is 5.97 Å². The first-order valence-corrected chi connectivity index (χ1v) is 2.49. The molecular weight excluding hydrogens is 138 g/mol. The Morgan fingerprint density at radius 1 is 1.60 bits per heavy atom. The number of hydrogen-bond donors (Lipinski definition) is 3. The van der Waals surface area contributed by atoms with Crippen LogP contribution in [0.25, 0.3) is 0 Å². The molecule has 4 N–H and O–H groups in total. The summed E-state index contributed by atoms with van der Waals surface area (Å²) in [6, 6.07) is 0. The van der Waals surface area contributed by atoms with Gasteiger partial charge in [0.15, 0.2) is 5.70 Å². The largest absolute Gasteiger partial charge is 0.507 e. The first-order valence-electron chi connectivity index (χ1n) is 2.49. The van der Waals surface area contributed by atoms with Crippen molar-refractivity contribution in [3.05, 3.63) is 11.5 Å². The Morgan fingerprint density at radius 3 is 2.40 bits per heavy atom. The van der Waals surface area contributed by atoms with Crippen molar-refractivity contribution in [2.75, 3.05) is 13.7 Å². The molecular formula is C5H9NO4. The zero-order valence-corrected chi connectivity index (χ0v) is 5.50. The quantitative estimate of drug-likeness (QED) is 0.367. The molecule has 58 valence electrons. The van der Waals surface area contributed by atoms with Gasteiger partial charge in [0, 0.05) is 7.11 Å². The lowest BCUT2D eigenvalue weighted by atomic mass is 10.4. The SMILES string of the molecule is COCC(O)=C(N)C(=O)O. The molecule has 0 heterocycles. The number of ether oxygens (including phenoxy) is 1. The number of aliphatic hydroxyl groups is 1. The monoisotopic (exact) mass is 147 g/mol. The van der Waals surface area contributed by atoms with Crippen molar-refractivity contribution in [3.63, 3.8) is 0 Å². The molecule has 0 aliphatic heterocycles. The molecule has 5 heteroatoms. The van der Waals surface area contributed by atoms with Crippen LogP contribution in [-0.4, -0.2) is 29.9 Å². The Labute approximate surface area is 57.7 Å². The van der Waals surface area contributed by atoms with Crippen LogP contribution in [0, 0.1) is 0 Å². The predicted octanol–water partition coefficient (Wildman–Crippen LogP) is -0.554. The van der Waals surface area contributed by atoms with Crippen LogP contribution in [0.2, 0.25) is 0 Å². The molecule has 0 aromatic rings. The molecule has 5 nitrogen and oxygen atoms in total. The fourth-order valence-electron chi connectivity index (χ4n) is 0.338.